The van der Waals surface area contributed by atoms with Crippen molar-refractivity contribution in [1.29, 1.82) is 0 Å². The van der Waals surface area contributed by atoms with E-state index in [2.05, 4.69) is 12.2 Å². The summed E-state index contributed by atoms with van der Waals surface area (Å²) in [7, 11) is 0. The highest BCUT2D eigenvalue weighted by molar-refractivity contribution is 5.68. The molecule has 0 aromatic rings. The zero-order valence-electron chi connectivity index (χ0n) is 7.14. The van der Waals surface area contributed by atoms with Gasteiger partial charge in [0.25, 0.3) is 0 Å². The summed E-state index contributed by atoms with van der Waals surface area (Å²) in [6.07, 6.45) is 2.93. The van der Waals surface area contributed by atoms with Crippen molar-refractivity contribution >= 4 is 6.09 Å². The molecule has 0 aromatic heterocycles. The van der Waals surface area contributed by atoms with Crippen LogP contribution in [0.15, 0.2) is 0 Å². The van der Waals surface area contributed by atoms with Crippen molar-refractivity contribution < 1.29 is 9.53 Å². The Morgan fingerprint density at radius 2 is 2.18 bits per heavy atom. The normalized spacial score (nSPS) is 19.1. The lowest BCUT2D eigenvalue weighted by Gasteiger charge is -2.13. The first-order chi connectivity index (χ1) is 5.22. The van der Waals surface area contributed by atoms with Crippen LogP contribution in [0.5, 0.6) is 0 Å². The Bertz CT molecular complexity index is 152. The number of nitrogens with one attached hydrogen (secondary N) is 1. The molecular formula is C8H15NO2. The Labute approximate surface area is 67.1 Å². The summed E-state index contributed by atoms with van der Waals surface area (Å²) < 4.78 is 4.77. The van der Waals surface area contributed by atoms with Crippen LogP contribution in [-0.2, 0) is 4.74 Å². The molecule has 0 saturated heterocycles. The van der Waals surface area contributed by atoms with E-state index in [-0.39, 0.29) is 11.6 Å². The minimum atomic E-state index is -0.271. The van der Waals surface area contributed by atoms with Gasteiger partial charge in [-0.15, -0.1) is 0 Å². The Hall–Kier alpha value is -0.730. The van der Waals surface area contributed by atoms with Gasteiger partial charge in [-0.2, -0.15) is 0 Å². The van der Waals surface area contributed by atoms with Gasteiger partial charge >= 0.3 is 6.09 Å². The fourth-order valence-electron chi connectivity index (χ4n) is 1.10. The van der Waals surface area contributed by atoms with Gasteiger partial charge in [0.15, 0.2) is 0 Å². The van der Waals surface area contributed by atoms with Gasteiger partial charge in [-0.3, -0.25) is 0 Å². The van der Waals surface area contributed by atoms with Crippen molar-refractivity contribution in [2.45, 2.75) is 38.6 Å². The smallest absolute Gasteiger partial charge is 0.407 e. The summed E-state index contributed by atoms with van der Waals surface area (Å²) in [6.45, 7) is 4.34. The number of hydrogen-bond acceptors (Lipinski definition) is 2. The molecule has 0 aliphatic heterocycles. The third-order valence-electron chi connectivity index (χ3n) is 2.17. The molecule has 64 valence electrons. The maximum Gasteiger partial charge on any atom is 0.407 e. The highest BCUT2D eigenvalue weighted by atomic mass is 16.5. The first kappa shape index (κ1) is 8.37. The zero-order chi connectivity index (χ0) is 8.32. The number of rotatable bonds is 3. The van der Waals surface area contributed by atoms with Gasteiger partial charge in [0.05, 0.1) is 6.61 Å². The number of ether oxygens (including phenoxy) is 1. The van der Waals surface area contributed by atoms with Crippen molar-refractivity contribution in [3.63, 3.8) is 0 Å². The summed E-state index contributed by atoms with van der Waals surface area (Å²) in [4.78, 5) is 10.9. The minimum Gasteiger partial charge on any atom is -0.450 e. The molecule has 1 N–H and O–H groups in total. The lowest BCUT2D eigenvalue weighted by atomic mass is 10.2. The molecule has 0 radical (unpaired) electrons. The number of alkyl carbamates (subject to hydrolysis) is 1. The largest absolute Gasteiger partial charge is 0.450 e. The summed E-state index contributed by atoms with van der Waals surface area (Å²) in [6, 6.07) is 0. The van der Waals surface area contributed by atoms with Crippen LogP contribution in [0.4, 0.5) is 4.79 Å². The Kier molecular flexibility index (Phi) is 2.37. The minimum absolute atomic E-state index is 0.0895. The summed E-state index contributed by atoms with van der Waals surface area (Å²) >= 11 is 0. The highest BCUT2D eigenvalue weighted by Gasteiger charge is 2.42. The van der Waals surface area contributed by atoms with Gasteiger partial charge in [0.2, 0.25) is 0 Å². The predicted octanol–water partition coefficient (Wildman–Crippen LogP) is 1.68. The molecule has 1 rings (SSSR count). The quantitative estimate of drug-likeness (QED) is 0.676. The number of carbonyl (C=O) groups excluding carboxylic acids is 1. The van der Waals surface area contributed by atoms with Gasteiger partial charge in [-0.05, 0) is 26.2 Å². The molecule has 0 heterocycles. The molecule has 3 nitrogen and oxygen atoms in total. The van der Waals surface area contributed by atoms with Crippen LogP contribution in [0.2, 0.25) is 0 Å². The molecule has 0 spiro atoms. The summed E-state index contributed by atoms with van der Waals surface area (Å²) in [5.74, 6) is 0. The maximum atomic E-state index is 10.9. The fraction of sp³-hybridized carbons (Fsp3) is 0.875. The fourth-order valence-corrected chi connectivity index (χ4v) is 1.10. The lowest BCUT2D eigenvalue weighted by Crippen LogP contribution is -2.36. The van der Waals surface area contributed by atoms with Gasteiger partial charge in [-0.1, -0.05) is 6.92 Å². The topological polar surface area (TPSA) is 38.3 Å². The molecule has 11 heavy (non-hydrogen) atoms. The molecule has 1 aliphatic carbocycles. The predicted molar refractivity (Wildman–Crippen MR) is 42.4 cm³/mol. The van der Waals surface area contributed by atoms with Crippen LogP contribution in [0.25, 0.3) is 0 Å². The molecule has 1 aliphatic rings. The molecule has 1 saturated carbocycles. The third kappa shape index (κ3) is 2.10. The van der Waals surface area contributed by atoms with Crippen molar-refractivity contribution in [3.8, 4) is 0 Å². The van der Waals surface area contributed by atoms with E-state index in [1.807, 2.05) is 6.92 Å². The van der Waals surface area contributed by atoms with Crippen molar-refractivity contribution in [2.24, 2.45) is 0 Å². The van der Waals surface area contributed by atoms with Crippen LogP contribution < -0.4 is 5.32 Å². The highest BCUT2D eigenvalue weighted by Crippen LogP contribution is 2.38. The molecule has 0 atom stereocenters. The van der Waals surface area contributed by atoms with E-state index in [0.717, 1.165) is 19.3 Å². The number of amides is 1. The average Bonchev–Trinajstić information content (AvgIpc) is 2.70. The molecule has 1 amide bonds. The molecule has 3 heteroatoms. The average molecular weight is 157 g/mol. The standard InChI is InChI=1S/C8H15NO2/c1-3-8(5-6-8)9-7(10)11-4-2/h3-6H2,1-2H3,(H,9,10). The van der Waals surface area contributed by atoms with Crippen molar-refractivity contribution in [1.82, 2.24) is 5.32 Å². The molecular weight excluding hydrogens is 142 g/mol. The van der Waals surface area contributed by atoms with Crippen molar-refractivity contribution in [3.05, 3.63) is 0 Å². The van der Waals surface area contributed by atoms with Gasteiger partial charge in [0.1, 0.15) is 0 Å². The maximum absolute atomic E-state index is 10.9. The Morgan fingerprint density at radius 3 is 2.55 bits per heavy atom. The zero-order valence-corrected chi connectivity index (χ0v) is 7.14. The summed E-state index contributed by atoms with van der Waals surface area (Å²) in [5, 5.41) is 2.86. The molecule has 0 aromatic carbocycles. The van der Waals surface area contributed by atoms with E-state index in [9.17, 15) is 4.79 Å². The second kappa shape index (κ2) is 3.11. The first-order valence-electron chi connectivity index (χ1n) is 4.17. The van der Waals surface area contributed by atoms with Gasteiger partial charge in [0, 0.05) is 5.54 Å². The van der Waals surface area contributed by atoms with E-state index >= 15 is 0 Å². The molecule has 0 bridgehead atoms. The van der Waals surface area contributed by atoms with Crippen molar-refractivity contribution in [2.75, 3.05) is 6.61 Å². The van der Waals surface area contributed by atoms with E-state index < -0.39 is 0 Å². The number of carbonyl (C=O) groups is 1. The van der Waals surface area contributed by atoms with Crippen LogP contribution in [0.3, 0.4) is 0 Å². The lowest BCUT2D eigenvalue weighted by molar-refractivity contribution is 0.146. The van der Waals surface area contributed by atoms with Gasteiger partial charge < -0.3 is 10.1 Å². The Balaban J connectivity index is 2.24. The van der Waals surface area contributed by atoms with E-state index in [4.69, 9.17) is 4.74 Å². The monoisotopic (exact) mass is 157 g/mol. The molecule has 1 fully saturated rings. The van der Waals surface area contributed by atoms with Crippen LogP contribution in [0.1, 0.15) is 33.1 Å². The SMILES string of the molecule is CCOC(=O)NC1(CC)CC1. The van der Waals surface area contributed by atoms with Gasteiger partial charge in [-0.25, -0.2) is 4.79 Å². The summed E-state index contributed by atoms with van der Waals surface area (Å²) in [5.41, 5.74) is 0.0895. The Morgan fingerprint density at radius 1 is 1.55 bits per heavy atom. The van der Waals surface area contributed by atoms with Crippen LogP contribution in [0, 0.1) is 0 Å². The second-order valence-corrected chi connectivity index (χ2v) is 2.98. The van der Waals surface area contributed by atoms with E-state index in [1.165, 1.54) is 0 Å². The van der Waals surface area contributed by atoms with E-state index in [1.54, 1.807) is 0 Å². The third-order valence-corrected chi connectivity index (χ3v) is 2.17. The van der Waals surface area contributed by atoms with E-state index in [0.29, 0.717) is 6.61 Å². The molecule has 0 unspecified atom stereocenters. The number of hydrogen-bond donors (Lipinski definition) is 1. The first-order valence-corrected chi connectivity index (χ1v) is 4.17. The van der Waals surface area contributed by atoms with Crippen LogP contribution in [-0.4, -0.2) is 18.2 Å². The van der Waals surface area contributed by atoms with Crippen LogP contribution >= 0.6 is 0 Å². The second-order valence-electron chi connectivity index (χ2n) is 2.98.